The minimum Gasteiger partial charge on any atom is -0.482 e. The number of carbonyl (C=O) groups excluding carboxylic acids is 2. The van der Waals surface area contributed by atoms with E-state index < -0.39 is 5.97 Å². The number of amides is 1. The van der Waals surface area contributed by atoms with Gasteiger partial charge < -0.3 is 19.4 Å². The van der Waals surface area contributed by atoms with Crippen molar-refractivity contribution in [2.75, 3.05) is 18.2 Å². The number of hydrogen-bond donors (Lipinski definition) is 1. The maximum Gasteiger partial charge on any atom is 0.341 e. The van der Waals surface area contributed by atoms with Crippen molar-refractivity contribution in [2.24, 2.45) is 0 Å². The molecule has 0 fully saturated rings. The molecule has 8 nitrogen and oxygen atoms in total. The molecule has 1 aromatic carbocycles. The van der Waals surface area contributed by atoms with Crippen molar-refractivity contribution in [2.45, 2.75) is 59.3 Å². The highest BCUT2D eigenvalue weighted by Crippen LogP contribution is 2.33. The average molecular weight is 503 g/mol. The van der Waals surface area contributed by atoms with Gasteiger partial charge in [-0.25, -0.2) is 4.79 Å². The fraction of sp³-hybridized carbons (Fsp3) is 0.417. The minimum atomic E-state index is -0.460. The second-order valence-corrected chi connectivity index (χ2v) is 10.0. The molecule has 34 heavy (non-hydrogen) atoms. The van der Waals surface area contributed by atoms with E-state index >= 15 is 0 Å². The molecule has 0 spiro atoms. The van der Waals surface area contributed by atoms with Gasteiger partial charge in [0.1, 0.15) is 10.8 Å². The molecule has 3 rings (SSSR count). The van der Waals surface area contributed by atoms with Crippen molar-refractivity contribution >= 4 is 40.0 Å². The van der Waals surface area contributed by atoms with Crippen molar-refractivity contribution in [1.29, 1.82) is 0 Å². The van der Waals surface area contributed by atoms with Gasteiger partial charge in [-0.1, -0.05) is 23.9 Å². The summed E-state index contributed by atoms with van der Waals surface area (Å²) in [6.07, 6.45) is -0.309. The van der Waals surface area contributed by atoms with Crippen molar-refractivity contribution in [1.82, 2.24) is 14.8 Å². The standard InChI is InChI=1S/C24H30N4O4S2/c1-8-28-21(16(5)32-18-11-9-10-13(2)14(18)3)26-27-24(28)33-12-19(29)25-22-20(23(30)31-7)15(4)17(6)34-22/h9-11,16H,8,12H2,1-7H3,(H,25,29). The third kappa shape index (κ3) is 5.44. The fourth-order valence-corrected chi connectivity index (χ4v) is 5.33. The maximum absolute atomic E-state index is 12.7. The Bertz CT molecular complexity index is 1200. The van der Waals surface area contributed by atoms with Gasteiger partial charge in [0, 0.05) is 11.4 Å². The Hall–Kier alpha value is -2.85. The third-order valence-electron chi connectivity index (χ3n) is 5.64. The number of nitrogens with one attached hydrogen (secondary N) is 1. The summed E-state index contributed by atoms with van der Waals surface area (Å²) in [6, 6.07) is 5.97. The number of aromatic nitrogens is 3. The van der Waals surface area contributed by atoms with Gasteiger partial charge in [-0.3, -0.25) is 4.79 Å². The Balaban J connectivity index is 1.69. The molecule has 182 valence electrons. The average Bonchev–Trinajstić information content (AvgIpc) is 3.35. The molecule has 0 radical (unpaired) electrons. The fourth-order valence-electron chi connectivity index (χ4n) is 3.46. The summed E-state index contributed by atoms with van der Waals surface area (Å²) in [4.78, 5) is 25.8. The summed E-state index contributed by atoms with van der Waals surface area (Å²) in [5, 5.41) is 12.6. The topological polar surface area (TPSA) is 95.3 Å². The molecule has 3 aromatic rings. The lowest BCUT2D eigenvalue weighted by Crippen LogP contribution is -2.17. The molecule has 0 bridgehead atoms. The largest absolute Gasteiger partial charge is 0.482 e. The smallest absolute Gasteiger partial charge is 0.341 e. The summed E-state index contributed by atoms with van der Waals surface area (Å²) >= 11 is 2.65. The molecule has 10 heteroatoms. The highest BCUT2D eigenvalue weighted by Gasteiger charge is 2.23. The minimum absolute atomic E-state index is 0.126. The van der Waals surface area contributed by atoms with Crippen molar-refractivity contribution < 1.29 is 19.1 Å². The lowest BCUT2D eigenvalue weighted by molar-refractivity contribution is -0.113. The zero-order valence-corrected chi connectivity index (χ0v) is 22.1. The zero-order chi connectivity index (χ0) is 25.0. The number of ether oxygens (including phenoxy) is 2. The Morgan fingerprint density at radius 3 is 2.59 bits per heavy atom. The summed E-state index contributed by atoms with van der Waals surface area (Å²) in [7, 11) is 1.33. The first kappa shape index (κ1) is 25.8. The van der Waals surface area contributed by atoms with E-state index in [2.05, 4.69) is 15.5 Å². The van der Waals surface area contributed by atoms with Crippen LogP contribution in [0.25, 0.3) is 0 Å². The van der Waals surface area contributed by atoms with E-state index in [1.165, 1.54) is 30.2 Å². The molecule has 2 aromatic heterocycles. The molecule has 2 heterocycles. The molecule has 0 aliphatic carbocycles. The first-order valence-corrected chi connectivity index (χ1v) is 12.7. The monoisotopic (exact) mass is 502 g/mol. The lowest BCUT2D eigenvalue weighted by atomic mass is 10.1. The predicted molar refractivity (Wildman–Crippen MR) is 135 cm³/mol. The van der Waals surface area contributed by atoms with Gasteiger partial charge in [0.05, 0.1) is 18.4 Å². The summed E-state index contributed by atoms with van der Waals surface area (Å²) in [6.45, 7) is 12.4. The first-order valence-electron chi connectivity index (χ1n) is 10.9. The number of thiophene rings is 1. The third-order valence-corrected chi connectivity index (χ3v) is 7.73. The number of anilines is 1. The number of methoxy groups -OCH3 is 1. The van der Waals surface area contributed by atoms with E-state index in [-0.39, 0.29) is 17.8 Å². The first-order chi connectivity index (χ1) is 16.2. The van der Waals surface area contributed by atoms with Gasteiger partial charge in [-0.15, -0.1) is 21.5 Å². The van der Waals surface area contributed by atoms with Crippen LogP contribution in [-0.2, 0) is 16.1 Å². The second-order valence-electron chi connectivity index (χ2n) is 7.86. The molecule has 1 amide bonds. The van der Waals surface area contributed by atoms with Gasteiger partial charge in [-0.2, -0.15) is 0 Å². The molecule has 0 saturated carbocycles. The summed E-state index contributed by atoms with van der Waals surface area (Å²) < 4.78 is 13.0. The van der Waals surface area contributed by atoms with E-state index in [4.69, 9.17) is 9.47 Å². The SMILES string of the molecule is CCn1c(SCC(=O)Nc2sc(C)c(C)c2C(=O)OC)nnc1C(C)Oc1cccc(C)c1C. The number of esters is 1. The van der Waals surface area contributed by atoms with Crippen LogP contribution < -0.4 is 10.1 Å². The van der Waals surface area contributed by atoms with Gasteiger partial charge in [0.2, 0.25) is 5.91 Å². The van der Waals surface area contributed by atoms with Crippen LogP contribution in [0.3, 0.4) is 0 Å². The number of aryl methyl sites for hydroxylation is 2. The molecular weight excluding hydrogens is 472 g/mol. The highest BCUT2D eigenvalue weighted by molar-refractivity contribution is 7.99. The van der Waals surface area contributed by atoms with Gasteiger partial charge in [0.25, 0.3) is 0 Å². The molecule has 0 saturated heterocycles. The summed E-state index contributed by atoms with van der Waals surface area (Å²) in [5.41, 5.74) is 3.47. The Morgan fingerprint density at radius 1 is 1.18 bits per heavy atom. The molecule has 1 N–H and O–H groups in total. The highest BCUT2D eigenvalue weighted by atomic mass is 32.2. The van der Waals surface area contributed by atoms with E-state index in [0.29, 0.717) is 28.1 Å². The number of carbonyl (C=O) groups is 2. The molecule has 1 atom stereocenters. The van der Waals surface area contributed by atoms with Crippen molar-refractivity contribution in [3.63, 3.8) is 0 Å². The predicted octanol–water partition coefficient (Wildman–Crippen LogP) is 5.25. The Morgan fingerprint density at radius 2 is 1.91 bits per heavy atom. The van der Waals surface area contributed by atoms with Gasteiger partial charge in [0.15, 0.2) is 17.1 Å². The van der Waals surface area contributed by atoms with Crippen LogP contribution >= 0.6 is 23.1 Å². The lowest BCUT2D eigenvalue weighted by Gasteiger charge is -2.17. The van der Waals surface area contributed by atoms with Crippen molar-refractivity contribution in [3.05, 3.63) is 51.2 Å². The van der Waals surface area contributed by atoms with E-state index in [9.17, 15) is 9.59 Å². The number of thioether (sulfide) groups is 1. The van der Waals surface area contributed by atoms with Crippen molar-refractivity contribution in [3.8, 4) is 5.75 Å². The molecular formula is C24H30N4O4S2. The van der Waals surface area contributed by atoms with Gasteiger partial charge >= 0.3 is 5.97 Å². The van der Waals surface area contributed by atoms with Crippen LogP contribution in [0.15, 0.2) is 23.4 Å². The van der Waals surface area contributed by atoms with Gasteiger partial charge in [-0.05, 0) is 64.3 Å². The van der Waals surface area contributed by atoms with Crippen LogP contribution in [0, 0.1) is 27.7 Å². The van der Waals surface area contributed by atoms with E-state index in [0.717, 1.165) is 27.3 Å². The number of nitrogens with zero attached hydrogens (tertiary/aromatic N) is 3. The van der Waals surface area contributed by atoms with Crippen LogP contribution in [0.4, 0.5) is 5.00 Å². The zero-order valence-electron chi connectivity index (χ0n) is 20.5. The molecule has 1 unspecified atom stereocenters. The summed E-state index contributed by atoms with van der Waals surface area (Å²) in [5.74, 6) is 0.945. The molecule has 0 aliphatic rings. The van der Waals surface area contributed by atoms with E-state index in [1.807, 2.05) is 64.3 Å². The number of rotatable bonds is 9. The van der Waals surface area contributed by atoms with Crippen LogP contribution in [0.2, 0.25) is 0 Å². The normalized spacial score (nSPS) is 11.9. The van der Waals surface area contributed by atoms with E-state index in [1.54, 1.807) is 0 Å². The maximum atomic E-state index is 12.7. The molecule has 0 aliphatic heterocycles. The quantitative estimate of drug-likeness (QED) is 0.315. The number of hydrogen-bond acceptors (Lipinski definition) is 8. The van der Waals surface area contributed by atoms with Crippen LogP contribution in [0.5, 0.6) is 5.75 Å². The van der Waals surface area contributed by atoms with Crippen LogP contribution in [-0.4, -0.2) is 39.5 Å². The Labute approximate surface area is 208 Å². The second kappa shape index (κ2) is 11.1. The Kier molecular flexibility index (Phi) is 8.37. The van der Waals surface area contributed by atoms with Crippen LogP contribution in [0.1, 0.15) is 57.7 Å². The number of benzene rings is 1.